The number of anilines is 1. The molecule has 0 aromatic heterocycles. The first-order chi connectivity index (χ1) is 10.8. The van der Waals surface area contributed by atoms with Gasteiger partial charge in [-0.1, -0.05) is 0 Å². The minimum absolute atomic E-state index is 0.0461. The van der Waals surface area contributed by atoms with Crippen LogP contribution in [0.5, 0.6) is 0 Å². The highest BCUT2D eigenvalue weighted by atomic mass is 19.1. The van der Waals surface area contributed by atoms with Crippen molar-refractivity contribution in [2.45, 2.75) is 19.9 Å². The Morgan fingerprint density at radius 3 is 2.22 bits per heavy atom. The van der Waals surface area contributed by atoms with Crippen molar-refractivity contribution >= 4 is 23.5 Å². The van der Waals surface area contributed by atoms with Gasteiger partial charge in [-0.05, 0) is 38.1 Å². The van der Waals surface area contributed by atoms with Crippen molar-refractivity contribution in [3.63, 3.8) is 0 Å². The Hall–Kier alpha value is -2.48. The molecule has 0 aliphatic carbocycles. The molecule has 0 radical (unpaired) electrons. The van der Waals surface area contributed by atoms with E-state index in [2.05, 4.69) is 10.6 Å². The van der Waals surface area contributed by atoms with E-state index in [9.17, 15) is 18.8 Å². The van der Waals surface area contributed by atoms with Gasteiger partial charge in [0, 0.05) is 11.7 Å². The molecule has 7 nitrogen and oxygen atoms in total. The number of carboxylic acid groups (broad SMARTS) is 1. The molecule has 2 amide bonds. The number of hydrogen-bond donors (Lipinski definition) is 3. The lowest BCUT2D eigenvalue weighted by Gasteiger charge is -2.25. The zero-order chi connectivity index (χ0) is 17.4. The van der Waals surface area contributed by atoms with Crippen LogP contribution in [0.4, 0.5) is 10.1 Å². The predicted octanol–water partition coefficient (Wildman–Crippen LogP) is 0.675. The fourth-order valence-corrected chi connectivity index (χ4v) is 1.75. The third-order valence-corrected chi connectivity index (χ3v) is 2.99. The molecule has 1 aromatic rings. The molecule has 0 spiro atoms. The fraction of sp³-hybridized carbons (Fsp3) is 0.400. The molecule has 0 atom stereocenters. The lowest BCUT2D eigenvalue weighted by Crippen LogP contribution is -2.45. The number of carbonyl (C=O) groups is 3. The quantitative estimate of drug-likeness (QED) is 0.653. The van der Waals surface area contributed by atoms with Gasteiger partial charge in [-0.3, -0.25) is 19.3 Å². The van der Waals surface area contributed by atoms with Gasteiger partial charge in [0.2, 0.25) is 11.8 Å². The second kappa shape index (κ2) is 8.84. The van der Waals surface area contributed by atoms with E-state index in [1.54, 1.807) is 4.90 Å². The molecule has 23 heavy (non-hydrogen) atoms. The summed E-state index contributed by atoms with van der Waals surface area (Å²) in [5, 5.41) is 13.4. The minimum Gasteiger partial charge on any atom is -0.480 e. The van der Waals surface area contributed by atoms with E-state index in [0.29, 0.717) is 5.69 Å². The van der Waals surface area contributed by atoms with Gasteiger partial charge in [-0.15, -0.1) is 0 Å². The van der Waals surface area contributed by atoms with Crippen LogP contribution in [0.2, 0.25) is 0 Å². The van der Waals surface area contributed by atoms with Crippen LogP contribution in [0.25, 0.3) is 0 Å². The maximum absolute atomic E-state index is 12.8. The van der Waals surface area contributed by atoms with Gasteiger partial charge < -0.3 is 15.7 Å². The van der Waals surface area contributed by atoms with Crippen LogP contribution in [0.3, 0.4) is 0 Å². The Labute approximate surface area is 133 Å². The summed E-state index contributed by atoms with van der Waals surface area (Å²) in [6, 6.07) is 5.24. The number of nitrogens with zero attached hydrogens (tertiary/aromatic N) is 1. The van der Waals surface area contributed by atoms with Crippen LogP contribution in [0.1, 0.15) is 13.8 Å². The number of hydrogen-bond acceptors (Lipinski definition) is 4. The van der Waals surface area contributed by atoms with E-state index >= 15 is 0 Å². The third kappa shape index (κ3) is 7.37. The minimum atomic E-state index is -1.14. The molecule has 0 unspecified atom stereocenters. The van der Waals surface area contributed by atoms with Crippen molar-refractivity contribution in [2.24, 2.45) is 0 Å². The number of carbonyl (C=O) groups excluding carboxylic acids is 2. The largest absolute Gasteiger partial charge is 0.480 e. The average molecular weight is 325 g/mol. The van der Waals surface area contributed by atoms with Gasteiger partial charge in [0.15, 0.2) is 0 Å². The Kier molecular flexibility index (Phi) is 7.14. The molecule has 0 heterocycles. The smallest absolute Gasteiger partial charge is 0.322 e. The van der Waals surface area contributed by atoms with Crippen molar-refractivity contribution in [3.05, 3.63) is 30.1 Å². The topological polar surface area (TPSA) is 98.7 Å². The van der Waals surface area contributed by atoms with E-state index < -0.39 is 24.2 Å². The molecule has 0 bridgehead atoms. The van der Waals surface area contributed by atoms with Gasteiger partial charge in [0.1, 0.15) is 12.4 Å². The van der Waals surface area contributed by atoms with Crippen molar-refractivity contribution < 1.29 is 23.9 Å². The SMILES string of the molecule is CC(C)N(CC(=O)NCC(=O)O)CC(=O)Nc1ccc(F)cc1. The van der Waals surface area contributed by atoms with E-state index in [-0.39, 0.29) is 25.0 Å². The van der Waals surface area contributed by atoms with Crippen LogP contribution in [-0.4, -0.2) is 53.5 Å². The van der Waals surface area contributed by atoms with Crippen LogP contribution < -0.4 is 10.6 Å². The first-order valence-corrected chi connectivity index (χ1v) is 7.06. The van der Waals surface area contributed by atoms with E-state index in [1.165, 1.54) is 24.3 Å². The zero-order valence-electron chi connectivity index (χ0n) is 13.0. The van der Waals surface area contributed by atoms with Crippen molar-refractivity contribution in [2.75, 3.05) is 25.0 Å². The van der Waals surface area contributed by atoms with Crippen LogP contribution >= 0.6 is 0 Å². The van der Waals surface area contributed by atoms with Crippen LogP contribution in [0.15, 0.2) is 24.3 Å². The van der Waals surface area contributed by atoms with E-state index in [0.717, 1.165) is 0 Å². The van der Waals surface area contributed by atoms with Crippen molar-refractivity contribution in [1.82, 2.24) is 10.2 Å². The average Bonchev–Trinajstić information content (AvgIpc) is 2.46. The number of halogens is 1. The normalized spacial score (nSPS) is 10.7. The monoisotopic (exact) mass is 325 g/mol. The van der Waals surface area contributed by atoms with Gasteiger partial charge in [-0.25, -0.2) is 4.39 Å². The maximum Gasteiger partial charge on any atom is 0.322 e. The summed E-state index contributed by atoms with van der Waals surface area (Å²) in [5.74, 6) is -2.36. The number of aliphatic carboxylic acids is 1. The summed E-state index contributed by atoms with van der Waals surface area (Å²) in [5.41, 5.74) is 0.454. The third-order valence-electron chi connectivity index (χ3n) is 2.99. The Morgan fingerprint density at radius 2 is 1.70 bits per heavy atom. The predicted molar refractivity (Wildman–Crippen MR) is 82.4 cm³/mol. The van der Waals surface area contributed by atoms with E-state index in [4.69, 9.17) is 5.11 Å². The van der Waals surface area contributed by atoms with Crippen LogP contribution in [-0.2, 0) is 14.4 Å². The second-order valence-corrected chi connectivity index (χ2v) is 5.22. The van der Waals surface area contributed by atoms with Crippen molar-refractivity contribution in [1.29, 1.82) is 0 Å². The highest BCUT2D eigenvalue weighted by molar-refractivity contribution is 5.92. The second-order valence-electron chi connectivity index (χ2n) is 5.22. The lowest BCUT2D eigenvalue weighted by molar-refractivity contribution is -0.138. The number of amides is 2. The Bertz CT molecular complexity index is 560. The number of nitrogens with one attached hydrogen (secondary N) is 2. The first-order valence-electron chi connectivity index (χ1n) is 7.06. The maximum atomic E-state index is 12.8. The summed E-state index contributed by atoms with van der Waals surface area (Å²) >= 11 is 0. The summed E-state index contributed by atoms with van der Waals surface area (Å²) in [4.78, 5) is 35.6. The highest BCUT2D eigenvalue weighted by Crippen LogP contribution is 2.08. The molecular formula is C15H20FN3O4. The molecule has 0 fully saturated rings. The fourth-order valence-electron chi connectivity index (χ4n) is 1.75. The number of benzene rings is 1. The Morgan fingerprint density at radius 1 is 1.13 bits per heavy atom. The molecule has 0 saturated carbocycles. The molecule has 1 rings (SSSR count). The number of carboxylic acids is 1. The number of rotatable bonds is 8. The molecule has 0 saturated heterocycles. The van der Waals surface area contributed by atoms with Gasteiger partial charge >= 0.3 is 5.97 Å². The Balaban J connectivity index is 2.54. The zero-order valence-corrected chi connectivity index (χ0v) is 13.0. The molecular weight excluding hydrogens is 305 g/mol. The highest BCUT2D eigenvalue weighted by Gasteiger charge is 2.18. The summed E-state index contributed by atoms with van der Waals surface area (Å²) < 4.78 is 12.8. The van der Waals surface area contributed by atoms with E-state index in [1.807, 2.05) is 13.8 Å². The lowest BCUT2D eigenvalue weighted by atomic mass is 10.3. The van der Waals surface area contributed by atoms with Gasteiger partial charge in [-0.2, -0.15) is 0 Å². The summed E-state index contributed by atoms with van der Waals surface area (Å²) in [6.07, 6.45) is 0. The summed E-state index contributed by atoms with van der Waals surface area (Å²) in [6.45, 7) is 3.02. The molecule has 8 heteroatoms. The van der Waals surface area contributed by atoms with Gasteiger partial charge in [0.05, 0.1) is 13.1 Å². The molecule has 0 aliphatic rings. The molecule has 3 N–H and O–H groups in total. The standard InChI is InChI=1S/C15H20FN3O4/c1-10(2)19(8-13(20)17-7-15(22)23)9-14(21)18-12-5-3-11(16)4-6-12/h3-6,10H,7-9H2,1-2H3,(H,17,20)(H,18,21)(H,22,23). The molecule has 126 valence electrons. The molecule has 0 aliphatic heterocycles. The van der Waals surface area contributed by atoms with Crippen molar-refractivity contribution in [3.8, 4) is 0 Å². The first kappa shape index (κ1) is 18.6. The van der Waals surface area contributed by atoms with Gasteiger partial charge in [0.25, 0.3) is 0 Å². The van der Waals surface area contributed by atoms with Crippen LogP contribution in [0, 0.1) is 5.82 Å². The molecule has 1 aromatic carbocycles. The summed E-state index contributed by atoms with van der Waals surface area (Å²) in [7, 11) is 0.